The molecule has 0 amide bonds. The minimum Gasteiger partial charge on any atom is -0.234 e. The van der Waals surface area contributed by atoms with Gasteiger partial charge in [0.15, 0.2) is 0 Å². The average Bonchev–Trinajstić information content (AvgIpc) is 2.17. The van der Waals surface area contributed by atoms with Crippen LogP contribution in [0.4, 0.5) is 0 Å². The zero-order valence-electron chi connectivity index (χ0n) is 9.20. The van der Waals surface area contributed by atoms with Crippen LogP contribution >= 0.6 is 23.2 Å². The van der Waals surface area contributed by atoms with Crippen molar-refractivity contribution in [3.63, 3.8) is 0 Å². The van der Waals surface area contributed by atoms with Crippen LogP contribution in [0.2, 0.25) is 10.2 Å². The van der Waals surface area contributed by atoms with Crippen molar-refractivity contribution in [2.45, 2.75) is 25.5 Å². The van der Waals surface area contributed by atoms with Crippen molar-refractivity contribution in [1.29, 1.82) is 0 Å². The van der Waals surface area contributed by atoms with Crippen molar-refractivity contribution in [1.82, 2.24) is 4.98 Å². The molecule has 0 aliphatic carbocycles. The summed E-state index contributed by atoms with van der Waals surface area (Å²) in [6.45, 7) is 5.52. The Kier molecular flexibility index (Phi) is 4.47. The molecule has 0 saturated heterocycles. The predicted molar refractivity (Wildman–Crippen MR) is 69.7 cm³/mol. The molecule has 0 radical (unpaired) electrons. The Balaban J connectivity index is 2.93. The van der Waals surface area contributed by atoms with Crippen molar-refractivity contribution in [2.75, 3.05) is 0 Å². The van der Waals surface area contributed by atoms with Crippen molar-refractivity contribution < 1.29 is 4.21 Å². The van der Waals surface area contributed by atoms with Gasteiger partial charge in [-0.25, -0.2) is 9.19 Å². The van der Waals surface area contributed by atoms with E-state index in [2.05, 4.69) is 9.38 Å². The van der Waals surface area contributed by atoms with E-state index in [0.717, 1.165) is 0 Å². The van der Waals surface area contributed by atoms with Crippen LogP contribution in [0.1, 0.15) is 26.5 Å². The molecule has 0 N–H and O–H groups in total. The molecule has 0 bridgehead atoms. The van der Waals surface area contributed by atoms with E-state index in [-0.39, 0.29) is 0 Å². The molecule has 1 aromatic heterocycles. The van der Waals surface area contributed by atoms with E-state index >= 15 is 0 Å². The molecule has 1 heterocycles. The second-order valence-corrected chi connectivity index (χ2v) is 6.83. The molecule has 1 unspecified atom stereocenters. The van der Waals surface area contributed by atoms with Gasteiger partial charge < -0.3 is 0 Å². The third-order valence-electron chi connectivity index (χ3n) is 1.63. The van der Waals surface area contributed by atoms with E-state index in [0.29, 0.717) is 15.9 Å². The fraction of sp³-hybridized carbons (Fsp3) is 0.400. The zero-order valence-corrected chi connectivity index (χ0v) is 11.5. The standard InChI is InChI=1S/C10H12Cl2N2OS/c1-10(2,3)16(15)13-6-8-7(11)4-5-9(12)14-8/h4-6H,1-3H3/b13-6+. The molecule has 3 nitrogen and oxygen atoms in total. The number of pyridine rings is 1. The first-order valence-corrected chi connectivity index (χ1v) is 6.45. The number of nitrogens with zero attached hydrogens (tertiary/aromatic N) is 2. The van der Waals surface area contributed by atoms with Crippen LogP contribution in [0.5, 0.6) is 0 Å². The average molecular weight is 279 g/mol. The second kappa shape index (κ2) is 5.25. The van der Waals surface area contributed by atoms with E-state index in [9.17, 15) is 4.21 Å². The third-order valence-corrected chi connectivity index (χ3v) is 3.51. The molecule has 0 spiro atoms. The summed E-state index contributed by atoms with van der Waals surface area (Å²) in [5, 5.41) is 0.756. The summed E-state index contributed by atoms with van der Waals surface area (Å²) >= 11 is 11.6. The minimum absolute atomic E-state index is 0.326. The van der Waals surface area contributed by atoms with Crippen LogP contribution in [0, 0.1) is 0 Å². The first-order valence-electron chi connectivity index (χ1n) is 4.59. The lowest BCUT2D eigenvalue weighted by Crippen LogP contribution is -2.19. The maximum absolute atomic E-state index is 11.6. The molecule has 0 aliphatic heterocycles. The highest BCUT2D eigenvalue weighted by Gasteiger charge is 2.18. The Hall–Kier alpha value is -0.450. The predicted octanol–water partition coefficient (Wildman–Crippen LogP) is 3.27. The fourth-order valence-corrected chi connectivity index (χ4v) is 1.60. The summed E-state index contributed by atoms with van der Waals surface area (Å²) in [6.07, 6.45) is 1.38. The van der Waals surface area contributed by atoms with Gasteiger partial charge in [0, 0.05) is 0 Å². The zero-order chi connectivity index (χ0) is 12.3. The van der Waals surface area contributed by atoms with E-state index in [1.807, 2.05) is 20.8 Å². The Morgan fingerprint density at radius 3 is 2.56 bits per heavy atom. The summed E-state index contributed by atoms with van der Waals surface area (Å²) in [7, 11) is -1.32. The quantitative estimate of drug-likeness (QED) is 0.616. The van der Waals surface area contributed by atoms with Crippen LogP contribution in [0.3, 0.4) is 0 Å². The number of halogens is 2. The number of rotatable bonds is 2. The molecule has 16 heavy (non-hydrogen) atoms. The smallest absolute Gasteiger partial charge is 0.144 e. The second-order valence-electron chi connectivity index (χ2n) is 4.10. The van der Waals surface area contributed by atoms with Gasteiger partial charge in [0.2, 0.25) is 0 Å². The van der Waals surface area contributed by atoms with Crippen molar-refractivity contribution >= 4 is 40.4 Å². The van der Waals surface area contributed by atoms with Crippen LogP contribution in [0.25, 0.3) is 0 Å². The molecule has 0 aromatic carbocycles. The summed E-state index contributed by atoms with van der Waals surface area (Å²) in [6, 6.07) is 3.21. The van der Waals surface area contributed by atoms with Crippen molar-refractivity contribution in [3.8, 4) is 0 Å². The molecule has 1 aromatic rings. The molecule has 1 rings (SSSR count). The van der Waals surface area contributed by atoms with Gasteiger partial charge in [-0.05, 0) is 32.9 Å². The lowest BCUT2D eigenvalue weighted by Gasteiger charge is -2.12. The molecule has 0 aliphatic rings. The van der Waals surface area contributed by atoms with E-state index in [1.165, 1.54) is 6.21 Å². The van der Waals surface area contributed by atoms with Gasteiger partial charge in [-0.1, -0.05) is 23.2 Å². The van der Waals surface area contributed by atoms with Crippen molar-refractivity contribution in [2.24, 2.45) is 4.40 Å². The minimum atomic E-state index is -1.32. The molecule has 0 fully saturated rings. The van der Waals surface area contributed by atoms with E-state index in [4.69, 9.17) is 23.2 Å². The van der Waals surface area contributed by atoms with Crippen LogP contribution < -0.4 is 0 Å². The van der Waals surface area contributed by atoms with Gasteiger partial charge in [-0.15, -0.1) is 0 Å². The van der Waals surface area contributed by atoms with E-state index in [1.54, 1.807) is 12.1 Å². The topological polar surface area (TPSA) is 42.3 Å². The Morgan fingerprint density at radius 2 is 2.00 bits per heavy atom. The van der Waals surface area contributed by atoms with Gasteiger partial charge in [-0.2, -0.15) is 4.40 Å². The van der Waals surface area contributed by atoms with Crippen LogP contribution in [0.15, 0.2) is 16.5 Å². The fourth-order valence-electron chi connectivity index (χ4n) is 0.779. The molecular formula is C10H12Cl2N2OS. The Morgan fingerprint density at radius 1 is 1.38 bits per heavy atom. The van der Waals surface area contributed by atoms with Gasteiger partial charge in [0.05, 0.1) is 16.0 Å². The highest BCUT2D eigenvalue weighted by Crippen LogP contribution is 2.16. The van der Waals surface area contributed by atoms with Crippen molar-refractivity contribution in [3.05, 3.63) is 28.0 Å². The summed E-state index contributed by atoms with van der Waals surface area (Å²) < 4.78 is 15.2. The van der Waals surface area contributed by atoms with Gasteiger partial charge >= 0.3 is 0 Å². The van der Waals surface area contributed by atoms with E-state index < -0.39 is 15.7 Å². The Labute approximate surface area is 107 Å². The van der Waals surface area contributed by atoms with Gasteiger partial charge in [0.25, 0.3) is 0 Å². The summed E-state index contributed by atoms with van der Waals surface area (Å²) in [5.74, 6) is 0. The first-order chi connectivity index (χ1) is 7.30. The Bertz CT molecular complexity index is 441. The maximum Gasteiger partial charge on any atom is 0.144 e. The normalized spacial score (nSPS) is 14.3. The molecular weight excluding hydrogens is 267 g/mol. The maximum atomic E-state index is 11.6. The largest absolute Gasteiger partial charge is 0.234 e. The monoisotopic (exact) mass is 278 g/mol. The SMILES string of the molecule is CC(C)(C)S(=O)/N=C/c1nc(Cl)ccc1Cl. The molecule has 0 saturated carbocycles. The summed E-state index contributed by atoms with van der Waals surface area (Å²) in [4.78, 5) is 3.98. The van der Waals surface area contributed by atoms with Crippen LogP contribution in [-0.2, 0) is 11.0 Å². The van der Waals surface area contributed by atoms with Gasteiger partial charge in [-0.3, -0.25) is 0 Å². The number of hydrogen-bond donors (Lipinski definition) is 0. The highest BCUT2D eigenvalue weighted by molar-refractivity contribution is 7.85. The lowest BCUT2D eigenvalue weighted by molar-refractivity contribution is 0.651. The highest BCUT2D eigenvalue weighted by atomic mass is 35.5. The molecule has 6 heteroatoms. The number of aromatic nitrogens is 1. The number of hydrogen-bond acceptors (Lipinski definition) is 2. The van der Waals surface area contributed by atoms with Gasteiger partial charge in [0.1, 0.15) is 21.8 Å². The molecule has 88 valence electrons. The lowest BCUT2D eigenvalue weighted by atomic mass is 10.3. The molecule has 1 atom stereocenters. The summed E-state index contributed by atoms with van der Waals surface area (Å²) in [5.41, 5.74) is 0.423. The third kappa shape index (κ3) is 3.85. The first kappa shape index (κ1) is 13.6. The van der Waals surface area contributed by atoms with Crippen LogP contribution in [-0.4, -0.2) is 20.2 Å².